The van der Waals surface area contributed by atoms with Gasteiger partial charge in [0.1, 0.15) is 29.9 Å². The highest BCUT2D eigenvalue weighted by Crippen LogP contribution is 2.41. The van der Waals surface area contributed by atoms with Crippen LogP contribution in [0.4, 0.5) is 18.3 Å². The summed E-state index contributed by atoms with van der Waals surface area (Å²) in [5.41, 5.74) is -0.434. The van der Waals surface area contributed by atoms with Crippen LogP contribution in [0.2, 0.25) is 0 Å². The molecule has 4 heterocycles. The number of anilines is 1. The summed E-state index contributed by atoms with van der Waals surface area (Å²) in [6, 6.07) is -1.13. The number of aromatic nitrogens is 5. The molecule has 0 spiro atoms. The van der Waals surface area contributed by atoms with Gasteiger partial charge in [0.2, 0.25) is 5.16 Å². The van der Waals surface area contributed by atoms with Crippen LogP contribution in [0.25, 0.3) is 0 Å². The number of aliphatic carboxylic acids is 1. The number of hydrogen-bond acceptors (Lipinski definition) is 13. The van der Waals surface area contributed by atoms with Gasteiger partial charge in [-0.15, -0.1) is 28.2 Å². The summed E-state index contributed by atoms with van der Waals surface area (Å²) in [5.74, 6) is -4.75. The molecule has 0 aliphatic carbocycles. The number of amides is 3. The van der Waals surface area contributed by atoms with Crippen LogP contribution in [0, 0.1) is 0 Å². The van der Waals surface area contributed by atoms with E-state index in [2.05, 4.69) is 35.8 Å². The van der Waals surface area contributed by atoms with Gasteiger partial charge >= 0.3 is 18.1 Å². The largest absolute Gasteiger partial charge is 0.477 e. The summed E-state index contributed by atoms with van der Waals surface area (Å²) in [4.78, 5) is 58.5. The monoisotopic (exact) mass is 607 g/mol. The zero-order valence-electron chi connectivity index (χ0n) is 19.6. The summed E-state index contributed by atoms with van der Waals surface area (Å²) >= 11 is 3.03. The van der Waals surface area contributed by atoms with Gasteiger partial charge in [0, 0.05) is 23.9 Å². The van der Waals surface area contributed by atoms with Crippen molar-refractivity contribution < 1.29 is 42.3 Å². The van der Waals surface area contributed by atoms with Crippen LogP contribution in [0.3, 0.4) is 0 Å². The SMILES string of the molecule is CON=C(C(=O)NC1C(=O)N2C(C(=O)O)=C(CSc3nnnn3C)CS[C@@H]12)c1csc(NC(=O)C(F)(F)F)n1. The zero-order chi connectivity index (χ0) is 28.5. The second kappa shape index (κ2) is 11.2. The van der Waals surface area contributed by atoms with Crippen molar-refractivity contribution in [1.29, 1.82) is 0 Å². The van der Waals surface area contributed by atoms with E-state index in [1.807, 2.05) is 0 Å². The van der Waals surface area contributed by atoms with E-state index in [-0.39, 0.29) is 22.9 Å². The Kier molecular flexibility index (Phi) is 8.11. The quantitative estimate of drug-likeness (QED) is 0.150. The number of carbonyl (C=O) groups is 4. The van der Waals surface area contributed by atoms with Crippen LogP contribution >= 0.6 is 34.9 Å². The highest BCUT2D eigenvalue weighted by Gasteiger charge is 2.54. The zero-order valence-corrected chi connectivity index (χ0v) is 22.1. The van der Waals surface area contributed by atoms with E-state index in [9.17, 15) is 37.5 Å². The predicted molar refractivity (Wildman–Crippen MR) is 130 cm³/mol. The molecule has 2 aliphatic heterocycles. The van der Waals surface area contributed by atoms with E-state index in [1.165, 1.54) is 28.2 Å². The minimum atomic E-state index is -5.14. The Bertz CT molecular complexity index is 1390. The maximum absolute atomic E-state index is 12.9. The average Bonchev–Trinajstić information content (AvgIpc) is 3.51. The van der Waals surface area contributed by atoms with Crippen molar-refractivity contribution in [3.63, 3.8) is 0 Å². The number of oxime groups is 1. The number of thioether (sulfide) groups is 2. The molecule has 1 saturated heterocycles. The van der Waals surface area contributed by atoms with Crippen LogP contribution in [0.15, 0.2) is 27.0 Å². The molecule has 21 heteroatoms. The predicted octanol–water partition coefficient (Wildman–Crippen LogP) is 0.0488. The van der Waals surface area contributed by atoms with Crippen LogP contribution in [-0.4, -0.2) is 101 Å². The lowest BCUT2D eigenvalue weighted by atomic mass is 10.0. The third-order valence-corrected chi connectivity index (χ3v) is 8.31. The fourth-order valence-corrected chi connectivity index (χ4v) is 6.43. The number of hydrogen-bond donors (Lipinski definition) is 3. The van der Waals surface area contributed by atoms with Gasteiger partial charge in [0.25, 0.3) is 11.8 Å². The molecule has 0 aromatic carbocycles. The summed E-state index contributed by atoms with van der Waals surface area (Å²) in [5, 5.41) is 28.8. The fraction of sp³-hybridized carbons (Fsp3) is 0.389. The van der Waals surface area contributed by atoms with Crippen LogP contribution in [-0.2, 0) is 31.1 Å². The van der Waals surface area contributed by atoms with E-state index in [4.69, 9.17) is 0 Å². The van der Waals surface area contributed by atoms with Gasteiger partial charge in [-0.3, -0.25) is 24.6 Å². The molecule has 0 bridgehead atoms. The molecular formula is C18H16F3N9O6S3. The van der Waals surface area contributed by atoms with Crippen molar-refractivity contribution in [2.24, 2.45) is 12.2 Å². The molecule has 1 fully saturated rings. The number of rotatable bonds is 9. The molecule has 0 radical (unpaired) electrons. The lowest BCUT2D eigenvalue weighted by Crippen LogP contribution is -2.71. The number of alkyl halides is 3. The molecule has 1 unspecified atom stereocenters. The fourth-order valence-electron chi connectivity index (χ4n) is 3.40. The van der Waals surface area contributed by atoms with Crippen molar-refractivity contribution in [3.8, 4) is 0 Å². The molecule has 208 valence electrons. The first kappa shape index (κ1) is 28.3. The number of halogens is 3. The summed E-state index contributed by atoms with van der Waals surface area (Å²) in [6.07, 6.45) is -5.14. The van der Waals surface area contributed by atoms with Crippen molar-refractivity contribution in [3.05, 3.63) is 22.3 Å². The standard InChI is InChI=1S/C18H16F3N9O6S3/c1-29-17(25-27-28-29)39-4-6-3-37-13-9(12(32)30(13)10(6)14(33)34)23-11(31)8(26-36-2)7-5-38-16(22-7)24-15(35)18(19,20)21/h5,9,13H,3-4H2,1-2H3,(H,23,31)(H,33,34)(H,22,24,35)/t9?,13-/m0/s1. The Morgan fingerprint density at radius 1 is 1.36 bits per heavy atom. The first-order valence-corrected chi connectivity index (χ1v) is 13.3. The van der Waals surface area contributed by atoms with Crippen molar-refractivity contribution in [1.82, 2.24) is 35.4 Å². The molecule has 3 N–H and O–H groups in total. The van der Waals surface area contributed by atoms with Crippen molar-refractivity contribution in [2.45, 2.75) is 22.7 Å². The van der Waals surface area contributed by atoms with Gasteiger partial charge < -0.3 is 15.3 Å². The van der Waals surface area contributed by atoms with Gasteiger partial charge in [0.15, 0.2) is 10.8 Å². The summed E-state index contributed by atoms with van der Waals surface area (Å²) < 4.78 is 38.9. The molecular weight excluding hydrogens is 591 g/mol. The Morgan fingerprint density at radius 3 is 2.72 bits per heavy atom. The Balaban J connectivity index is 1.46. The molecule has 0 saturated carbocycles. The molecule has 2 atom stereocenters. The summed E-state index contributed by atoms with van der Waals surface area (Å²) in [6.45, 7) is 0. The second-order valence-corrected chi connectivity index (χ2v) is 10.5. The molecule has 4 rings (SSSR count). The maximum Gasteiger partial charge on any atom is 0.471 e. The molecule has 3 amide bonds. The lowest BCUT2D eigenvalue weighted by molar-refractivity contribution is -0.167. The van der Waals surface area contributed by atoms with Crippen LogP contribution in [0.1, 0.15) is 5.69 Å². The molecule has 39 heavy (non-hydrogen) atoms. The number of thiazole rings is 1. The Labute approximate surface area is 228 Å². The van der Waals surface area contributed by atoms with Crippen molar-refractivity contribution in [2.75, 3.05) is 23.9 Å². The number of carboxylic acid groups (broad SMARTS) is 1. The second-order valence-electron chi connectivity index (χ2n) is 7.60. The minimum absolute atomic E-state index is 0.202. The summed E-state index contributed by atoms with van der Waals surface area (Å²) in [7, 11) is 2.73. The molecule has 15 nitrogen and oxygen atoms in total. The van der Waals surface area contributed by atoms with Crippen LogP contribution in [0.5, 0.6) is 0 Å². The van der Waals surface area contributed by atoms with Crippen molar-refractivity contribution >= 4 is 69.4 Å². The van der Waals surface area contributed by atoms with Gasteiger partial charge in [-0.05, 0) is 16.0 Å². The number of nitrogens with one attached hydrogen (secondary N) is 2. The molecule has 2 aliphatic rings. The van der Waals surface area contributed by atoms with E-state index in [0.717, 1.165) is 17.4 Å². The first-order valence-electron chi connectivity index (χ1n) is 10.4. The number of carboxylic acids is 1. The maximum atomic E-state index is 12.9. The van der Waals surface area contributed by atoms with E-state index >= 15 is 0 Å². The van der Waals surface area contributed by atoms with E-state index in [0.29, 0.717) is 22.1 Å². The topological polar surface area (TPSA) is 194 Å². The molecule has 2 aromatic rings. The number of β-lactam (4-membered cyclic amide) rings is 1. The third kappa shape index (κ3) is 5.83. The molecule has 2 aromatic heterocycles. The average molecular weight is 608 g/mol. The lowest BCUT2D eigenvalue weighted by Gasteiger charge is -2.49. The highest BCUT2D eigenvalue weighted by molar-refractivity contribution is 8.01. The minimum Gasteiger partial charge on any atom is -0.477 e. The third-order valence-electron chi connectivity index (χ3n) is 5.12. The van der Waals surface area contributed by atoms with E-state index < -0.39 is 52.1 Å². The number of nitrogens with zero attached hydrogens (tertiary/aromatic N) is 7. The Morgan fingerprint density at radius 2 is 2.10 bits per heavy atom. The number of aryl methyl sites for hydroxylation is 1. The van der Waals surface area contributed by atoms with Crippen LogP contribution < -0.4 is 10.6 Å². The number of fused-ring (bicyclic) bond motifs is 1. The smallest absolute Gasteiger partial charge is 0.471 e. The first-order chi connectivity index (χ1) is 18.4. The van der Waals surface area contributed by atoms with Gasteiger partial charge in [-0.1, -0.05) is 16.9 Å². The van der Waals surface area contributed by atoms with Gasteiger partial charge in [-0.2, -0.15) is 13.2 Å². The highest BCUT2D eigenvalue weighted by atomic mass is 32.2. The number of carbonyl (C=O) groups excluding carboxylic acids is 3. The Hall–Kier alpha value is -3.72. The van der Waals surface area contributed by atoms with Gasteiger partial charge in [0.05, 0.1) is 0 Å². The number of tetrazole rings is 1. The van der Waals surface area contributed by atoms with Gasteiger partial charge in [-0.25, -0.2) is 14.5 Å². The normalized spacial score (nSPS) is 19.4. The van der Waals surface area contributed by atoms with E-state index in [1.54, 1.807) is 12.4 Å².